The van der Waals surface area contributed by atoms with E-state index in [0.29, 0.717) is 36.4 Å². The molecule has 0 radical (unpaired) electrons. The van der Waals surface area contributed by atoms with Crippen molar-refractivity contribution in [3.8, 4) is 11.6 Å². The van der Waals surface area contributed by atoms with Crippen molar-refractivity contribution in [2.45, 2.75) is 50.8 Å². The fourth-order valence-electron chi connectivity index (χ4n) is 3.19. The summed E-state index contributed by atoms with van der Waals surface area (Å²) in [6.45, 7) is 5.77. The van der Waals surface area contributed by atoms with Gasteiger partial charge in [-0.05, 0) is 44.1 Å². The first kappa shape index (κ1) is 19.7. The van der Waals surface area contributed by atoms with E-state index in [2.05, 4.69) is 56.4 Å². The van der Waals surface area contributed by atoms with E-state index in [9.17, 15) is 0 Å². The van der Waals surface area contributed by atoms with Gasteiger partial charge in [0, 0.05) is 37.0 Å². The van der Waals surface area contributed by atoms with Gasteiger partial charge in [-0.1, -0.05) is 18.1 Å². The number of hydrogen-bond donors (Lipinski definition) is 2. The molecule has 0 spiro atoms. The van der Waals surface area contributed by atoms with Gasteiger partial charge >= 0.3 is 0 Å². The van der Waals surface area contributed by atoms with Crippen LogP contribution in [0.25, 0.3) is 11.6 Å². The Balaban J connectivity index is 1.51. The second-order valence-corrected chi connectivity index (χ2v) is 8.05. The highest BCUT2D eigenvalue weighted by molar-refractivity contribution is 7.99. The van der Waals surface area contributed by atoms with Crippen molar-refractivity contribution in [2.24, 2.45) is 4.99 Å². The average Bonchev–Trinajstić information content (AvgIpc) is 3.33. The molecule has 2 N–H and O–H groups in total. The van der Waals surface area contributed by atoms with E-state index in [0.717, 1.165) is 17.8 Å². The lowest BCUT2D eigenvalue weighted by Gasteiger charge is -2.17. The Morgan fingerprint density at radius 1 is 1.33 bits per heavy atom. The molecule has 2 heterocycles. The van der Waals surface area contributed by atoms with Crippen molar-refractivity contribution >= 4 is 17.7 Å². The maximum Gasteiger partial charge on any atom is 0.276 e. The molecule has 8 heteroatoms. The van der Waals surface area contributed by atoms with E-state index in [4.69, 9.17) is 4.52 Å². The van der Waals surface area contributed by atoms with Crippen molar-refractivity contribution in [3.63, 3.8) is 0 Å². The number of aliphatic imine (C=N–C) groups is 1. The summed E-state index contributed by atoms with van der Waals surface area (Å²) in [4.78, 5) is 13.3. The first-order valence-corrected chi connectivity index (χ1v) is 10.7. The van der Waals surface area contributed by atoms with E-state index in [-0.39, 0.29) is 0 Å². The molecule has 2 unspecified atom stereocenters. The molecule has 2 aromatic rings. The van der Waals surface area contributed by atoms with Crippen LogP contribution in [0.5, 0.6) is 0 Å². The molecule has 1 fully saturated rings. The van der Waals surface area contributed by atoms with Crippen LogP contribution >= 0.6 is 11.8 Å². The van der Waals surface area contributed by atoms with E-state index in [1.54, 1.807) is 6.20 Å². The summed E-state index contributed by atoms with van der Waals surface area (Å²) in [5.41, 5.74) is 0.690. The van der Waals surface area contributed by atoms with Crippen LogP contribution in [-0.2, 0) is 6.42 Å². The quantitative estimate of drug-likeness (QED) is 0.531. The Morgan fingerprint density at radius 2 is 2.26 bits per heavy atom. The maximum atomic E-state index is 5.29. The Kier molecular flexibility index (Phi) is 7.50. The Bertz CT molecular complexity index is 720. The van der Waals surface area contributed by atoms with Gasteiger partial charge in [0.2, 0.25) is 0 Å². The van der Waals surface area contributed by atoms with Gasteiger partial charge in [-0.15, -0.1) is 0 Å². The van der Waals surface area contributed by atoms with E-state index < -0.39 is 0 Å². The number of hydrogen-bond acceptors (Lipinski definition) is 6. The Hall–Kier alpha value is -2.09. The van der Waals surface area contributed by atoms with E-state index in [1.807, 2.05) is 18.2 Å². The zero-order valence-corrected chi connectivity index (χ0v) is 16.8. The summed E-state index contributed by atoms with van der Waals surface area (Å²) in [7, 11) is 0. The van der Waals surface area contributed by atoms with Crippen LogP contribution in [0.4, 0.5) is 0 Å². The molecular weight excluding hydrogens is 360 g/mol. The van der Waals surface area contributed by atoms with Crippen molar-refractivity contribution in [2.75, 3.05) is 18.8 Å². The molecule has 0 aromatic carbocycles. The van der Waals surface area contributed by atoms with Gasteiger partial charge in [-0.25, -0.2) is 0 Å². The number of guanidine groups is 1. The van der Waals surface area contributed by atoms with Crippen molar-refractivity contribution < 1.29 is 4.52 Å². The summed E-state index contributed by atoms with van der Waals surface area (Å²) in [6, 6.07) is 6.12. The molecule has 1 aliphatic carbocycles. The standard InChI is InChI=1S/C19H28N6OS/c1-3-20-19(23-14-8-9-15(13-14)27-4-2)22-12-10-17-24-18(26-25-17)16-7-5-6-11-21-16/h5-7,11,14-15H,3-4,8-10,12-13H2,1-2H3,(H2,20,22,23). The summed E-state index contributed by atoms with van der Waals surface area (Å²) >= 11 is 2.07. The van der Waals surface area contributed by atoms with Crippen LogP contribution in [0.1, 0.15) is 38.9 Å². The minimum Gasteiger partial charge on any atom is -0.357 e. The number of nitrogens with zero attached hydrogens (tertiary/aromatic N) is 4. The Morgan fingerprint density at radius 3 is 3.04 bits per heavy atom. The molecule has 27 heavy (non-hydrogen) atoms. The molecule has 2 atom stereocenters. The third-order valence-electron chi connectivity index (χ3n) is 4.43. The summed E-state index contributed by atoms with van der Waals surface area (Å²) < 4.78 is 5.29. The van der Waals surface area contributed by atoms with Gasteiger partial charge in [0.1, 0.15) is 5.69 Å². The fraction of sp³-hybridized carbons (Fsp3) is 0.579. The molecule has 0 bridgehead atoms. The average molecular weight is 389 g/mol. The van der Waals surface area contributed by atoms with Crippen LogP contribution in [0.15, 0.2) is 33.9 Å². The number of pyridine rings is 1. The predicted octanol–water partition coefficient (Wildman–Crippen LogP) is 2.90. The van der Waals surface area contributed by atoms with Crippen LogP contribution in [0, 0.1) is 0 Å². The molecule has 0 saturated heterocycles. The number of rotatable bonds is 8. The van der Waals surface area contributed by atoms with Crippen LogP contribution in [-0.4, -0.2) is 51.2 Å². The number of aromatic nitrogens is 3. The number of nitrogens with one attached hydrogen (secondary N) is 2. The lowest BCUT2D eigenvalue weighted by molar-refractivity contribution is 0.421. The zero-order chi connectivity index (χ0) is 18.9. The monoisotopic (exact) mass is 388 g/mol. The van der Waals surface area contributed by atoms with Crippen molar-refractivity contribution in [3.05, 3.63) is 30.2 Å². The minimum atomic E-state index is 0.449. The highest BCUT2D eigenvalue weighted by atomic mass is 32.2. The Labute approximate surface area is 164 Å². The van der Waals surface area contributed by atoms with Crippen molar-refractivity contribution in [1.82, 2.24) is 25.8 Å². The summed E-state index contributed by atoms with van der Waals surface area (Å²) in [5.74, 6) is 3.16. The topological polar surface area (TPSA) is 88.2 Å². The van der Waals surface area contributed by atoms with Gasteiger partial charge in [0.15, 0.2) is 11.8 Å². The highest BCUT2D eigenvalue weighted by Crippen LogP contribution is 2.29. The molecule has 7 nitrogen and oxygen atoms in total. The van der Waals surface area contributed by atoms with E-state index >= 15 is 0 Å². The van der Waals surface area contributed by atoms with Crippen molar-refractivity contribution in [1.29, 1.82) is 0 Å². The highest BCUT2D eigenvalue weighted by Gasteiger charge is 2.25. The molecule has 2 aromatic heterocycles. The molecule has 3 rings (SSSR count). The van der Waals surface area contributed by atoms with Gasteiger partial charge in [0.25, 0.3) is 5.89 Å². The third kappa shape index (κ3) is 5.95. The second kappa shape index (κ2) is 10.3. The SMILES string of the molecule is CCNC(=NCCc1noc(-c2ccccn2)n1)NC1CCC(SCC)C1. The minimum absolute atomic E-state index is 0.449. The first-order valence-electron chi connectivity index (χ1n) is 9.69. The molecule has 1 saturated carbocycles. The van der Waals surface area contributed by atoms with Gasteiger partial charge in [-0.2, -0.15) is 16.7 Å². The van der Waals surface area contributed by atoms with Crippen LogP contribution in [0.3, 0.4) is 0 Å². The molecule has 1 aliphatic rings. The summed E-state index contributed by atoms with van der Waals surface area (Å²) in [5, 5.41) is 11.7. The molecule has 146 valence electrons. The largest absolute Gasteiger partial charge is 0.357 e. The summed E-state index contributed by atoms with van der Waals surface area (Å²) in [6.07, 6.45) is 6.05. The van der Waals surface area contributed by atoms with Gasteiger partial charge in [0.05, 0.1) is 0 Å². The maximum absolute atomic E-state index is 5.29. The molecule has 0 amide bonds. The smallest absolute Gasteiger partial charge is 0.276 e. The van der Waals surface area contributed by atoms with E-state index in [1.165, 1.54) is 25.0 Å². The number of thioether (sulfide) groups is 1. The lowest BCUT2D eigenvalue weighted by atomic mass is 10.2. The van der Waals surface area contributed by atoms with Gasteiger partial charge in [-0.3, -0.25) is 9.98 Å². The fourth-order valence-corrected chi connectivity index (χ4v) is 4.33. The lowest BCUT2D eigenvalue weighted by Crippen LogP contribution is -2.42. The third-order valence-corrected chi connectivity index (χ3v) is 5.66. The van der Waals surface area contributed by atoms with Crippen LogP contribution < -0.4 is 10.6 Å². The normalized spacial score (nSPS) is 20.0. The van der Waals surface area contributed by atoms with Gasteiger partial charge < -0.3 is 15.2 Å². The van der Waals surface area contributed by atoms with Crippen LogP contribution in [0.2, 0.25) is 0 Å². The molecule has 0 aliphatic heterocycles. The first-order chi connectivity index (χ1) is 13.3. The zero-order valence-electron chi connectivity index (χ0n) is 16.0. The molecular formula is C19H28N6OS. The second-order valence-electron chi connectivity index (χ2n) is 6.47. The predicted molar refractivity (Wildman–Crippen MR) is 110 cm³/mol.